The van der Waals surface area contributed by atoms with Crippen LogP contribution in [-0.2, 0) is 41.5 Å². The first kappa shape index (κ1) is 37.2. The van der Waals surface area contributed by atoms with Gasteiger partial charge in [0.05, 0.1) is 0 Å². The Labute approximate surface area is 229 Å². The van der Waals surface area contributed by atoms with E-state index in [9.17, 15) is 43.7 Å². The monoisotopic (exact) mass is 630 g/mol. The van der Waals surface area contributed by atoms with Crippen molar-refractivity contribution in [1.82, 2.24) is 0 Å². The predicted octanol–water partition coefficient (Wildman–Crippen LogP) is 2.12. The third-order valence-corrected chi connectivity index (χ3v) is 8.55. The number of aliphatic hydroxyl groups is 3. The first-order valence-electron chi connectivity index (χ1n) is 13.0. The van der Waals surface area contributed by atoms with Gasteiger partial charge in [-0.2, -0.15) is 0 Å². The molecule has 3 unspecified atom stereocenters. The van der Waals surface area contributed by atoms with E-state index in [0.717, 1.165) is 6.42 Å². The quantitative estimate of drug-likeness (QED) is 0.0788. The first-order chi connectivity index (χ1) is 18.3. The molecule has 1 saturated carbocycles. The maximum Gasteiger partial charge on any atom is 0.353 e. The van der Waals surface area contributed by atoms with E-state index in [-0.39, 0.29) is 19.8 Å². The molecule has 6 N–H and O–H groups in total. The molecular weight excluding hydrogens is 585 g/mol. The average molecular weight is 630 g/mol. The van der Waals surface area contributed by atoms with Gasteiger partial charge in [0, 0.05) is 19.8 Å². The molecule has 9 atom stereocenters. The number of unbranched alkanes of at least 4 members (excludes halogenated alkanes) is 3. The molecule has 0 aliphatic heterocycles. The van der Waals surface area contributed by atoms with Crippen LogP contribution < -0.4 is 0 Å². The molecule has 0 amide bonds. The lowest BCUT2D eigenvalue weighted by Crippen LogP contribution is -2.67. The lowest BCUT2D eigenvalue weighted by molar-refractivity contribution is -0.245. The zero-order chi connectivity index (χ0) is 29.7. The molecule has 0 aromatic heterocycles. The molecule has 0 heterocycles. The molecule has 234 valence electrons. The zero-order valence-electron chi connectivity index (χ0n) is 22.6. The largest absolute Gasteiger partial charge is 0.384 e. The fourth-order valence-electron chi connectivity index (χ4n) is 3.81. The third-order valence-electron chi connectivity index (χ3n) is 5.76. The molecule has 15 nitrogen and oxygen atoms in total. The van der Waals surface area contributed by atoms with Crippen LogP contribution in [-0.4, -0.2) is 105 Å². The highest BCUT2D eigenvalue weighted by Crippen LogP contribution is 2.54. The second-order valence-corrected chi connectivity index (χ2v) is 14.4. The van der Waals surface area contributed by atoms with E-state index in [1.54, 1.807) is 0 Å². The second-order valence-electron chi connectivity index (χ2n) is 9.11. The highest BCUT2D eigenvalue weighted by Gasteiger charge is 2.59. The van der Waals surface area contributed by atoms with E-state index in [1.165, 1.54) is 0 Å². The Balaban J connectivity index is 3.81. The van der Waals surface area contributed by atoms with Crippen LogP contribution in [0.5, 0.6) is 0 Å². The summed E-state index contributed by atoms with van der Waals surface area (Å²) >= 11 is 0. The minimum absolute atomic E-state index is 0.0926. The molecule has 0 aromatic rings. The Bertz CT molecular complexity index is 782. The summed E-state index contributed by atoms with van der Waals surface area (Å²) in [4.78, 5) is 30.5. The molecule has 1 aliphatic rings. The van der Waals surface area contributed by atoms with Crippen LogP contribution in [0.2, 0.25) is 0 Å². The number of hydrogen-bond donors (Lipinski definition) is 6. The van der Waals surface area contributed by atoms with Crippen LogP contribution in [0.3, 0.4) is 0 Å². The summed E-state index contributed by atoms with van der Waals surface area (Å²) in [5, 5.41) is 28.3. The molecule has 0 spiro atoms. The van der Waals surface area contributed by atoms with Gasteiger partial charge >= 0.3 is 22.8 Å². The highest BCUT2D eigenvalue weighted by molar-refractivity contribution is 7.53. The van der Waals surface area contributed by atoms with Gasteiger partial charge in [0.25, 0.3) is 0 Å². The van der Waals surface area contributed by atoms with Crippen LogP contribution in [0.15, 0.2) is 0 Å². The number of hydrogen-bond acceptors (Lipinski definition) is 12. The van der Waals surface area contributed by atoms with Gasteiger partial charge in [-0.3, -0.25) is 27.3 Å². The molecule has 1 rings (SSSR count). The van der Waals surface area contributed by atoms with Crippen LogP contribution in [0.25, 0.3) is 0 Å². The summed E-state index contributed by atoms with van der Waals surface area (Å²) in [5.41, 5.74) is 0. The summed E-state index contributed by atoms with van der Waals surface area (Å²) < 4.78 is 71.6. The van der Waals surface area contributed by atoms with Gasteiger partial charge in [0.15, 0.2) is 0 Å². The van der Waals surface area contributed by atoms with Gasteiger partial charge in [-0.1, -0.05) is 40.0 Å². The van der Waals surface area contributed by atoms with Crippen molar-refractivity contribution < 1.29 is 71.5 Å². The van der Waals surface area contributed by atoms with E-state index < -0.39 is 78.5 Å². The third kappa shape index (κ3) is 12.5. The normalized spacial score (nSPS) is 30.4. The fraction of sp³-hybridized carbons (Fsp3) is 1.00. The van der Waals surface area contributed by atoms with Crippen molar-refractivity contribution in [2.24, 2.45) is 0 Å². The minimum Gasteiger partial charge on any atom is -0.384 e. The number of rotatable bonds is 21. The molecule has 39 heavy (non-hydrogen) atoms. The minimum atomic E-state index is -4.85. The van der Waals surface area contributed by atoms with Crippen molar-refractivity contribution >= 4 is 22.8 Å². The van der Waals surface area contributed by atoms with Gasteiger partial charge < -0.3 is 44.2 Å². The molecule has 0 radical (unpaired) electrons. The highest BCUT2D eigenvalue weighted by atomic mass is 31.2. The van der Waals surface area contributed by atoms with E-state index in [2.05, 4.69) is 0 Å². The van der Waals surface area contributed by atoms with Gasteiger partial charge in [-0.15, -0.1) is 0 Å². The summed E-state index contributed by atoms with van der Waals surface area (Å²) in [6.45, 7) is 6.03. The van der Waals surface area contributed by atoms with Gasteiger partial charge in [-0.05, 0) is 19.3 Å². The summed E-state index contributed by atoms with van der Waals surface area (Å²) in [6, 6.07) is 0. The Hall–Kier alpha value is 0.210. The Kier molecular flexibility index (Phi) is 17.2. The topological polar surface area (TPSA) is 228 Å². The van der Waals surface area contributed by atoms with Gasteiger partial charge in [0.2, 0.25) is 0 Å². The Morgan fingerprint density at radius 3 is 0.949 bits per heavy atom. The summed E-state index contributed by atoms with van der Waals surface area (Å²) in [7, 11) is -14.4. The van der Waals surface area contributed by atoms with Crippen molar-refractivity contribution in [1.29, 1.82) is 0 Å². The number of ether oxygens (including phenoxy) is 3. The molecule has 0 saturated heterocycles. The second kappa shape index (κ2) is 18.0. The molecule has 0 bridgehead atoms. The lowest BCUT2D eigenvalue weighted by atomic mass is 9.84. The van der Waals surface area contributed by atoms with Crippen molar-refractivity contribution in [3.05, 3.63) is 0 Å². The van der Waals surface area contributed by atoms with Crippen LogP contribution in [0, 0.1) is 0 Å². The Morgan fingerprint density at radius 1 is 0.487 bits per heavy atom. The van der Waals surface area contributed by atoms with Gasteiger partial charge in [0.1, 0.15) is 55.7 Å². The lowest BCUT2D eigenvalue weighted by Gasteiger charge is -2.49. The fourth-order valence-corrected chi connectivity index (χ4v) is 5.87. The predicted molar refractivity (Wildman–Crippen MR) is 139 cm³/mol. The van der Waals surface area contributed by atoms with E-state index >= 15 is 0 Å². The summed E-state index contributed by atoms with van der Waals surface area (Å²) in [5.74, 6) is 0. The van der Waals surface area contributed by atoms with Crippen molar-refractivity contribution in [3.63, 3.8) is 0 Å². The summed E-state index contributed by atoms with van der Waals surface area (Å²) in [6.07, 6.45) is -9.58. The Morgan fingerprint density at radius 2 is 0.718 bits per heavy atom. The van der Waals surface area contributed by atoms with E-state index in [1.807, 2.05) is 20.8 Å². The van der Waals surface area contributed by atoms with Crippen LogP contribution in [0.1, 0.15) is 59.3 Å². The van der Waals surface area contributed by atoms with Crippen molar-refractivity contribution in [2.45, 2.75) is 95.9 Å². The van der Waals surface area contributed by atoms with E-state index in [0.29, 0.717) is 32.1 Å². The van der Waals surface area contributed by atoms with E-state index in [4.69, 9.17) is 27.8 Å². The zero-order valence-corrected chi connectivity index (χ0v) is 25.3. The van der Waals surface area contributed by atoms with Crippen molar-refractivity contribution in [3.8, 4) is 0 Å². The molecule has 18 heteroatoms. The van der Waals surface area contributed by atoms with Crippen LogP contribution in [0.4, 0.5) is 0 Å². The smallest absolute Gasteiger partial charge is 0.353 e. The molecular formula is C21H45O15P3. The average Bonchev–Trinajstić information content (AvgIpc) is 2.89. The van der Waals surface area contributed by atoms with Crippen molar-refractivity contribution in [2.75, 3.05) is 38.9 Å². The molecule has 1 fully saturated rings. The number of aliphatic hydroxyl groups excluding tert-OH is 3. The molecule has 1 aliphatic carbocycles. The maximum atomic E-state index is 12.5. The standard InChI is InChI=1S/C21H45O15P3/c1-4-7-10-31-16-17(32-11-8-5-2)19(34-37(25,26)13-22)21(36-39(29,30)15-24)20(35-38(27,28)14-23)18(16)33-12-9-6-3/h16-24H,4-15H2,1-3H3,(H,25,26)(H,27,28)(H,29,30)/t16-,17-,18+,19-,20-,21-/m0/s1. The first-order valence-corrected chi connectivity index (χ1v) is 18.3. The molecule has 0 aromatic carbocycles. The maximum absolute atomic E-state index is 12.5. The van der Waals surface area contributed by atoms with Gasteiger partial charge in [-0.25, -0.2) is 0 Å². The SMILES string of the molecule is CCCCO[C@@H]1[C@@H](OCCCC)[C@H](OP(=O)(O)CO)[C@@H](OP(=O)(O)CO)[C@@H](OP(=O)(O)CO)[C@H]1OCCCC. The van der Waals surface area contributed by atoms with Crippen LogP contribution >= 0.6 is 22.8 Å².